The second-order valence-electron chi connectivity index (χ2n) is 5.92. The first-order valence-corrected chi connectivity index (χ1v) is 6.87. The van der Waals surface area contributed by atoms with Crippen LogP contribution in [0.15, 0.2) is 36.7 Å². The van der Waals surface area contributed by atoms with Crippen molar-refractivity contribution in [1.82, 2.24) is 15.1 Å². The molecule has 1 heterocycles. The second kappa shape index (κ2) is 6.09. The van der Waals surface area contributed by atoms with Crippen molar-refractivity contribution < 1.29 is 4.74 Å². The molecule has 1 aromatic heterocycles. The molecule has 1 aromatic carbocycles. The van der Waals surface area contributed by atoms with Gasteiger partial charge in [-0.05, 0) is 38.5 Å². The molecular formula is C16H23N3O. The van der Waals surface area contributed by atoms with Gasteiger partial charge in [0.15, 0.2) is 0 Å². The van der Waals surface area contributed by atoms with Crippen molar-refractivity contribution >= 4 is 0 Å². The molecule has 2 aromatic rings. The van der Waals surface area contributed by atoms with E-state index in [0.29, 0.717) is 0 Å². The fraction of sp³-hybridized carbons (Fsp3) is 0.438. The number of hydrogen-bond acceptors (Lipinski definition) is 3. The lowest BCUT2D eigenvalue weighted by atomic mass is 10.1. The summed E-state index contributed by atoms with van der Waals surface area (Å²) in [5.41, 5.74) is 2.45. The maximum absolute atomic E-state index is 5.22. The summed E-state index contributed by atoms with van der Waals surface area (Å²) in [6.45, 7) is 8.07. The minimum Gasteiger partial charge on any atom is -0.497 e. The van der Waals surface area contributed by atoms with Gasteiger partial charge in [0.1, 0.15) is 5.75 Å². The average Bonchev–Trinajstić information content (AvgIpc) is 2.88. The number of nitrogens with zero attached hydrogens (tertiary/aromatic N) is 2. The Hall–Kier alpha value is -1.81. The molecule has 0 aliphatic carbocycles. The van der Waals surface area contributed by atoms with Gasteiger partial charge in [0.2, 0.25) is 0 Å². The molecule has 108 valence electrons. The summed E-state index contributed by atoms with van der Waals surface area (Å²) in [6.07, 6.45) is 4.02. The summed E-state index contributed by atoms with van der Waals surface area (Å²) in [5, 5.41) is 7.82. The van der Waals surface area contributed by atoms with Crippen LogP contribution in [0.1, 0.15) is 31.9 Å². The van der Waals surface area contributed by atoms with Gasteiger partial charge < -0.3 is 10.1 Å². The molecule has 4 heteroatoms. The number of hydrogen-bond donors (Lipinski definition) is 1. The third-order valence-corrected chi connectivity index (χ3v) is 3.12. The highest BCUT2D eigenvalue weighted by atomic mass is 16.5. The van der Waals surface area contributed by atoms with Gasteiger partial charge in [-0.2, -0.15) is 5.10 Å². The molecule has 0 fully saturated rings. The Balaban J connectivity index is 1.88. The van der Waals surface area contributed by atoms with Crippen LogP contribution in [0.5, 0.6) is 5.75 Å². The standard InChI is InChI=1S/C16H23N3O/c1-16(2,3)19-12-14(11-18-19)10-17-9-13-6-5-7-15(8-13)20-4/h5-8,11-12,17H,9-10H2,1-4H3. The molecule has 0 amide bonds. The van der Waals surface area contributed by atoms with Crippen molar-refractivity contribution in [2.45, 2.75) is 39.4 Å². The largest absolute Gasteiger partial charge is 0.497 e. The van der Waals surface area contributed by atoms with Crippen molar-refractivity contribution in [2.75, 3.05) is 7.11 Å². The van der Waals surface area contributed by atoms with Gasteiger partial charge in [-0.15, -0.1) is 0 Å². The molecule has 0 saturated carbocycles. The number of rotatable bonds is 5. The lowest BCUT2D eigenvalue weighted by Crippen LogP contribution is -2.22. The van der Waals surface area contributed by atoms with Gasteiger partial charge in [-0.25, -0.2) is 0 Å². The minimum absolute atomic E-state index is 0.0328. The van der Waals surface area contributed by atoms with Crippen molar-refractivity contribution in [3.05, 3.63) is 47.8 Å². The smallest absolute Gasteiger partial charge is 0.119 e. The maximum atomic E-state index is 5.22. The third-order valence-electron chi connectivity index (χ3n) is 3.12. The van der Waals surface area contributed by atoms with Crippen LogP contribution in [0.2, 0.25) is 0 Å². The van der Waals surface area contributed by atoms with Crippen molar-refractivity contribution in [3.8, 4) is 5.75 Å². The van der Waals surface area contributed by atoms with E-state index in [2.05, 4.69) is 43.4 Å². The van der Waals surface area contributed by atoms with Crippen LogP contribution < -0.4 is 10.1 Å². The van der Waals surface area contributed by atoms with E-state index in [4.69, 9.17) is 4.74 Å². The van der Waals surface area contributed by atoms with Gasteiger partial charge >= 0.3 is 0 Å². The Bertz CT molecular complexity index is 555. The average molecular weight is 273 g/mol. The summed E-state index contributed by atoms with van der Waals surface area (Å²) < 4.78 is 7.21. The van der Waals surface area contributed by atoms with E-state index < -0.39 is 0 Å². The van der Waals surface area contributed by atoms with E-state index in [9.17, 15) is 0 Å². The fourth-order valence-corrected chi connectivity index (χ4v) is 1.95. The minimum atomic E-state index is 0.0328. The van der Waals surface area contributed by atoms with Crippen molar-refractivity contribution in [3.63, 3.8) is 0 Å². The summed E-state index contributed by atoms with van der Waals surface area (Å²) in [7, 11) is 1.69. The zero-order valence-electron chi connectivity index (χ0n) is 12.7. The topological polar surface area (TPSA) is 39.1 Å². The maximum Gasteiger partial charge on any atom is 0.119 e. The highest BCUT2D eigenvalue weighted by Gasteiger charge is 2.13. The summed E-state index contributed by atoms with van der Waals surface area (Å²) in [5.74, 6) is 0.893. The number of ether oxygens (including phenoxy) is 1. The van der Waals surface area contributed by atoms with Crippen LogP contribution in [-0.4, -0.2) is 16.9 Å². The normalized spacial score (nSPS) is 11.6. The summed E-state index contributed by atoms with van der Waals surface area (Å²) >= 11 is 0. The molecule has 0 saturated heterocycles. The molecule has 2 rings (SSSR count). The highest BCUT2D eigenvalue weighted by Crippen LogP contribution is 2.14. The zero-order valence-corrected chi connectivity index (χ0v) is 12.7. The van der Waals surface area contributed by atoms with E-state index in [-0.39, 0.29) is 5.54 Å². The Labute approximate surface area is 120 Å². The SMILES string of the molecule is COc1cccc(CNCc2cnn(C(C)(C)C)c2)c1. The van der Waals surface area contributed by atoms with Gasteiger partial charge in [0.05, 0.1) is 18.8 Å². The molecule has 4 nitrogen and oxygen atoms in total. The highest BCUT2D eigenvalue weighted by molar-refractivity contribution is 5.28. The van der Waals surface area contributed by atoms with Gasteiger partial charge in [-0.3, -0.25) is 4.68 Å². The summed E-state index contributed by atoms with van der Waals surface area (Å²) in [4.78, 5) is 0. The Morgan fingerprint density at radius 3 is 2.60 bits per heavy atom. The first kappa shape index (κ1) is 14.6. The van der Waals surface area contributed by atoms with Crippen LogP contribution in [0.3, 0.4) is 0 Å². The first-order valence-electron chi connectivity index (χ1n) is 6.87. The Morgan fingerprint density at radius 1 is 1.20 bits per heavy atom. The van der Waals surface area contributed by atoms with Crippen LogP contribution in [0.4, 0.5) is 0 Å². The molecule has 0 unspecified atom stereocenters. The quantitative estimate of drug-likeness (QED) is 0.910. The molecule has 0 aliphatic heterocycles. The fourth-order valence-electron chi connectivity index (χ4n) is 1.95. The van der Waals surface area contributed by atoms with E-state index in [0.717, 1.165) is 18.8 Å². The Morgan fingerprint density at radius 2 is 1.95 bits per heavy atom. The first-order chi connectivity index (χ1) is 9.49. The molecule has 0 spiro atoms. The lowest BCUT2D eigenvalue weighted by molar-refractivity contribution is 0.355. The Kier molecular flexibility index (Phi) is 4.45. The number of aromatic nitrogens is 2. The van der Waals surface area contributed by atoms with Crippen LogP contribution in [0, 0.1) is 0 Å². The summed E-state index contributed by atoms with van der Waals surface area (Å²) in [6, 6.07) is 8.10. The predicted octanol–water partition coefficient (Wildman–Crippen LogP) is 2.94. The molecule has 0 aliphatic rings. The molecule has 0 atom stereocenters. The van der Waals surface area contributed by atoms with E-state index in [1.165, 1.54) is 11.1 Å². The van der Waals surface area contributed by atoms with E-state index >= 15 is 0 Å². The second-order valence-corrected chi connectivity index (χ2v) is 5.92. The van der Waals surface area contributed by atoms with Crippen LogP contribution in [0.25, 0.3) is 0 Å². The van der Waals surface area contributed by atoms with Crippen LogP contribution in [-0.2, 0) is 18.6 Å². The zero-order chi connectivity index (χ0) is 14.6. The predicted molar refractivity (Wildman–Crippen MR) is 80.8 cm³/mol. The number of nitrogens with one attached hydrogen (secondary N) is 1. The van der Waals surface area contributed by atoms with E-state index in [1.54, 1.807) is 7.11 Å². The molecule has 1 N–H and O–H groups in total. The number of methoxy groups -OCH3 is 1. The molecular weight excluding hydrogens is 250 g/mol. The van der Waals surface area contributed by atoms with Crippen molar-refractivity contribution in [2.24, 2.45) is 0 Å². The molecule has 20 heavy (non-hydrogen) atoms. The third kappa shape index (κ3) is 3.84. The number of benzene rings is 1. The van der Waals surface area contributed by atoms with Gasteiger partial charge in [-0.1, -0.05) is 12.1 Å². The molecule has 0 radical (unpaired) electrons. The van der Waals surface area contributed by atoms with E-state index in [1.807, 2.05) is 29.1 Å². The lowest BCUT2D eigenvalue weighted by Gasteiger charge is -2.18. The molecule has 0 bridgehead atoms. The monoisotopic (exact) mass is 273 g/mol. The van der Waals surface area contributed by atoms with Gasteiger partial charge in [0, 0.05) is 24.8 Å². The van der Waals surface area contributed by atoms with Gasteiger partial charge in [0.25, 0.3) is 0 Å². The van der Waals surface area contributed by atoms with Crippen LogP contribution >= 0.6 is 0 Å². The van der Waals surface area contributed by atoms with Crippen molar-refractivity contribution in [1.29, 1.82) is 0 Å².